The third-order valence-electron chi connectivity index (χ3n) is 5.36. The molecular formula is C22H31ClN2O5. The summed E-state index contributed by atoms with van der Waals surface area (Å²) in [6, 6.07) is 5.36. The summed E-state index contributed by atoms with van der Waals surface area (Å²) in [4.78, 5) is 38.8. The number of nitrogens with zero attached hydrogens (tertiary/aromatic N) is 1. The number of Topliss-reactive ketones (excluding diaryl/α,β-unsaturated/α-hetero) is 1. The van der Waals surface area contributed by atoms with Crippen molar-refractivity contribution >= 4 is 29.3 Å². The monoisotopic (exact) mass is 438 g/mol. The number of carbonyl (C=O) groups is 3. The van der Waals surface area contributed by atoms with Gasteiger partial charge >= 0.3 is 11.9 Å². The Morgan fingerprint density at radius 1 is 1.20 bits per heavy atom. The minimum absolute atomic E-state index is 0.208. The number of carboxylic acids is 1. The fraction of sp³-hybridized carbons (Fsp3) is 0.591. The Bertz CT molecular complexity index is 719. The van der Waals surface area contributed by atoms with Gasteiger partial charge in [-0.15, -0.1) is 0 Å². The Hall–Kier alpha value is -1.96. The summed E-state index contributed by atoms with van der Waals surface area (Å²) < 4.78 is 5.18. The lowest BCUT2D eigenvalue weighted by Gasteiger charge is -2.29. The van der Waals surface area contributed by atoms with Gasteiger partial charge in [0, 0.05) is 5.02 Å². The molecule has 0 radical (unpaired) electrons. The molecule has 0 bridgehead atoms. The van der Waals surface area contributed by atoms with Crippen LogP contribution >= 0.6 is 11.6 Å². The Balaban J connectivity index is 2.05. The van der Waals surface area contributed by atoms with E-state index in [2.05, 4.69) is 5.32 Å². The number of ether oxygens (including phenoxy) is 1. The van der Waals surface area contributed by atoms with Crippen molar-refractivity contribution in [3.63, 3.8) is 0 Å². The SMILES string of the molecule is CCOC(=O)[C@H](CCc1ccc(Cl)cc1)N[C@@H](C)C(=O)[C@H](CC(=O)O)N1CCCC1. The molecule has 7 nitrogen and oxygen atoms in total. The molecule has 0 unspecified atom stereocenters. The first-order valence-corrected chi connectivity index (χ1v) is 10.9. The molecule has 1 heterocycles. The zero-order chi connectivity index (χ0) is 22.1. The van der Waals surface area contributed by atoms with Gasteiger partial charge in [-0.25, -0.2) is 0 Å². The molecule has 1 aromatic carbocycles. The van der Waals surface area contributed by atoms with Crippen LogP contribution in [0.1, 0.15) is 45.1 Å². The molecule has 1 aromatic rings. The highest BCUT2D eigenvalue weighted by molar-refractivity contribution is 6.30. The van der Waals surface area contributed by atoms with E-state index in [0.717, 1.165) is 18.4 Å². The number of carboxylic acid groups (broad SMARTS) is 1. The third kappa shape index (κ3) is 7.38. The maximum Gasteiger partial charge on any atom is 0.323 e. The molecule has 1 fully saturated rings. The van der Waals surface area contributed by atoms with Crippen molar-refractivity contribution in [2.75, 3.05) is 19.7 Å². The van der Waals surface area contributed by atoms with E-state index in [4.69, 9.17) is 16.3 Å². The van der Waals surface area contributed by atoms with Gasteiger partial charge in [0.1, 0.15) is 6.04 Å². The third-order valence-corrected chi connectivity index (χ3v) is 5.61. The quantitative estimate of drug-likeness (QED) is 0.484. The van der Waals surface area contributed by atoms with E-state index < -0.39 is 30.1 Å². The minimum atomic E-state index is -1.00. The molecule has 1 aliphatic heterocycles. The van der Waals surface area contributed by atoms with Gasteiger partial charge in [0.2, 0.25) is 0 Å². The molecule has 3 atom stereocenters. The van der Waals surface area contributed by atoms with Gasteiger partial charge in [0.25, 0.3) is 0 Å². The molecule has 2 N–H and O–H groups in total. The summed E-state index contributed by atoms with van der Waals surface area (Å²) in [6.07, 6.45) is 2.74. The van der Waals surface area contributed by atoms with E-state index in [1.54, 1.807) is 26.0 Å². The summed E-state index contributed by atoms with van der Waals surface area (Å²) in [5.74, 6) is -1.63. The molecule has 0 saturated carbocycles. The van der Waals surface area contributed by atoms with Crippen LogP contribution in [0.5, 0.6) is 0 Å². The number of aliphatic carboxylic acids is 1. The standard InChI is InChI=1S/C22H31ClN2O5/c1-3-30-22(29)18(11-8-16-6-9-17(23)10-7-16)24-15(2)21(28)19(14-20(26)27)25-12-4-5-13-25/h6-7,9-10,15,18-19,24H,3-5,8,11-14H2,1-2H3,(H,26,27)/t15-,18-,19-/m0/s1. The number of nitrogens with one attached hydrogen (secondary N) is 1. The van der Waals surface area contributed by atoms with Gasteiger partial charge in [0.05, 0.1) is 25.1 Å². The Labute approximate surface area is 182 Å². The van der Waals surface area contributed by atoms with E-state index in [0.29, 0.717) is 31.0 Å². The summed E-state index contributed by atoms with van der Waals surface area (Å²) in [5.41, 5.74) is 1.02. The van der Waals surface area contributed by atoms with Crippen LogP contribution in [-0.4, -0.2) is 65.6 Å². The number of hydrogen-bond donors (Lipinski definition) is 2. The van der Waals surface area contributed by atoms with Gasteiger partial charge in [-0.1, -0.05) is 23.7 Å². The summed E-state index contributed by atoms with van der Waals surface area (Å²) in [7, 11) is 0. The number of carbonyl (C=O) groups excluding carboxylic acids is 2. The van der Waals surface area contributed by atoms with Crippen LogP contribution in [0.3, 0.4) is 0 Å². The lowest BCUT2D eigenvalue weighted by Crippen LogP contribution is -2.53. The second-order valence-electron chi connectivity index (χ2n) is 7.62. The maximum atomic E-state index is 13.1. The fourth-order valence-electron chi connectivity index (χ4n) is 3.77. The van der Waals surface area contributed by atoms with Gasteiger partial charge in [-0.05, 0) is 70.3 Å². The van der Waals surface area contributed by atoms with Crippen LogP contribution < -0.4 is 5.32 Å². The molecule has 30 heavy (non-hydrogen) atoms. The normalized spacial score (nSPS) is 17.3. The Kier molecular flexibility index (Phi) is 9.75. The number of rotatable bonds is 12. The van der Waals surface area contributed by atoms with E-state index in [1.807, 2.05) is 17.0 Å². The lowest BCUT2D eigenvalue weighted by atomic mass is 9.99. The van der Waals surface area contributed by atoms with E-state index in [1.165, 1.54) is 0 Å². The molecule has 0 spiro atoms. The minimum Gasteiger partial charge on any atom is -0.481 e. The summed E-state index contributed by atoms with van der Waals surface area (Å²) >= 11 is 5.92. The predicted molar refractivity (Wildman–Crippen MR) is 115 cm³/mol. The molecule has 0 aliphatic carbocycles. The van der Waals surface area contributed by atoms with Crippen molar-refractivity contribution in [3.8, 4) is 0 Å². The highest BCUT2D eigenvalue weighted by atomic mass is 35.5. The molecule has 166 valence electrons. The summed E-state index contributed by atoms with van der Waals surface area (Å²) in [5, 5.41) is 13.0. The highest BCUT2D eigenvalue weighted by Gasteiger charge is 2.34. The molecular weight excluding hydrogens is 408 g/mol. The van der Waals surface area contributed by atoms with Gasteiger partial charge in [-0.2, -0.15) is 0 Å². The van der Waals surface area contributed by atoms with E-state index in [9.17, 15) is 19.5 Å². The molecule has 0 amide bonds. The topological polar surface area (TPSA) is 95.9 Å². The highest BCUT2D eigenvalue weighted by Crippen LogP contribution is 2.17. The van der Waals surface area contributed by atoms with Crippen LogP contribution in [0.25, 0.3) is 0 Å². The number of ketones is 1. The van der Waals surface area contributed by atoms with Crippen molar-refractivity contribution in [2.45, 2.75) is 64.1 Å². The number of likely N-dealkylation sites (tertiary alicyclic amines) is 1. The van der Waals surface area contributed by atoms with Crippen LogP contribution in [0.4, 0.5) is 0 Å². The van der Waals surface area contributed by atoms with Crippen LogP contribution in [0.15, 0.2) is 24.3 Å². The van der Waals surface area contributed by atoms with Crippen molar-refractivity contribution in [3.05, 3.63) is 34.9 Å². The maximum absolute atomic E-state index is 13.1. The number of hydrogen-bond acceptors (Lipinski definition) is 6. The van der Waals surface area contributed by atoms with E-state index >= 15 is 0 Å². The predicted octanol–water partition coefficient (Wildman–Crippen LogP) is 2.69. The smallest absolute Gasteiger partial charge is 0.323 e. The van der Waals surface area contributed by atoms with Gasteiger partial charge in [-0.3, -0.25) is 24.6 Å². The summed E-state index contributed by atoms with van der Waals surface area (Å²) in [6.45, 7) is 5.10. The second kappa shape index (κ2) is 12.0. The molecule has 2 rings (SSSR count). The van der Waals surface area contributed by atoms with Crippen molar-refractivity contribution in [1.82, 2.24) is 10.2 Å². The Morgan fingerprint density at radius 3 is 2.40 bits per heavy atom. The second-order valence-corrected chi connectivity index (χ2v) is 8.05. The first kappa shape index (κ1) is 24.3. The molecule has 1 saturated heterocycles. The van der Waals surface area contributed by atoms with Crippen molar-refractivity contribution < 1.29 is 24.2 Å². The fourth-order valence-corrected chi connectivity index (χ4v) is 3.90. The first-order valence-electron chi connectivity index (χ1n) is 10.5. The number of aryl methyl sites for hydroxylation is 1. The molecule has 1 aliphatic rings. The zero-order valence-corrected chi connectivity index (χ0v) is 18.4. The van der Waals surface area contributed by atoms with E-state index in [-0.39, 0.29) is 18.8 Å². The van der Waals surface area contributed by atoms with Crippen LogP contribution in [-0.2, 0) is 25.5 Å². The van der Waals surface area contributed by atoms with Crippen molar-refractivity contribution in [2.24, 2.45) is 0 Å². The Morgan fingerprint density at radius 2 is 1.83 bits per heavy atom. The number of esters is 1. The first-order chi connectivity index (χ1) is 14.3. The molecule has 8 heteroatoms. The average molecular weight is 439 g/mol. The van der Waals surface area contributed by atoms with Crippen molar-refractivity contribution in [1.29, 1.82) is 0 Å². The van der Waals surface area contributed by atoms with Gasteiger partial charge < -0.3 is 9.84 Å². The van der Waals surface area contributed by atoms with Gasteiger partial charge in [0.15, 0.2) is 5.78 Å². The number of halogens is 1. The zero-order valence-electron chi connectivity index (χ0n) is 17.6. The van der Waals surface area contributed by atoms with Crippen LogP contribution in [0.2, 0.25) is 5.02 Å². The molecule has 0 aromatic heterocycles. The van der Waals surface area contributed by atoms with Crippen LogP contribution in [0, 0.1) is 0 Å². The lowest BCUT2D eigenvalue weighted by molar-refractivity contribution is -0.147. The average Bonchev–Trinajstić information content (AvgIpc) is 3.24. The number of benzene rings is 1. The largest absolute Gasteiger partial charge is 0.481 e.